The predicted molar refractivity (Wildman–Crippen MR) is 59.4 cm³/mol. The maximum absolute atomic E-state index is 10.9. The fourth-order valence-corrected chi connectivity index (χ4v) is 1.99. The minimum atomic E-state index is -0.440. The van der Waals surface area contributed by atoms with E-state index in [1.807, 2.05) is 6.07 Å². The van der Waals surface area contributed by atoms with Gasteiger partial charge < -0.3 is 10.5 Å². The molecule has 2 N–H and O–H groups in total. The Balaban J connectivity index is 2.42. The molecule has 5 nitrogen and oxygen atoms in total. The highest BCUT2D eigenvalue weighted by atomic mass is 16.6. The van der Waals surface area contributed by atoms with E-state index >= 15 is 0 Å². The van der Waals surface area contributed by atoms with Crippen molar-refractivity contribution in [2.75, 3.05) is 7.11 Å². The van der Waals surface area contributed by atoms with E-state index in [1.54, 1.807) is 6.07 Å². The van der Waals surface area contributed by atoms with Gasteiger partial charge in [0, 0.05) is 11.6 Å². The average molecular weight is 222 g/mol. The zero-order valence-electron chi connectivity index (χ0n) is 9.10. The fraction of sp³-hybridized carbons (Fsp3) is 0.455. The molecule has 2 rings (SSSR count). The molecule has 16 heavy (non-hydrogen) atoms. The topological polar surface area (TPSA) is 78.4 Å². The fourth-order valence-electron chi connectivity index (χ4n) is 1.99. The summed E-state index contributed by atoms with van der Waals surface area (Å²) in [6.45, 7) is 0. The van der Waals surface area contributed by atoms with E-state index in [9.17, 15) is 10.1 Å². The molecule has 0 amide bonds. The average Bonchev–Trinajstić information content (AvgIpc) is 2.25. The second-order valence-corrected chi connectivity index (χ2v) is 4.15. The normalized spacial score (nSPS) is 17.6. The highest BCUT2D eigenvalue weighted by Gasteiger charge is 2.35. The molecule has 1 aromatic rings. The molecule has 0 spiro atoms. The minimum absolute atomic E-state index is 0.0169. The number of rotatable bonds is 3. The lowest BCUT2D eigenvalue weighted by molar-refractivity contribution is -0.385. The molecule has 1 aromatic carbocycles. The van der Waals surface area contributed by atoms with E-state index in [4.69, 9.17) is 10.5 Å². The third-order valence-electron chi connectivity index (χ3n) is 3.20. The van der Waals surface area contributed by atoms with Crippen molar-refractivity contribution in [3.63, 3.8) is 0 Å². The van der Waals surface area contributed by atoms with Gasteiger partial charge in [-0.1, -0.05) is 6.07 Å². The van der Waals surface area contributed by atoms with Gasteiger partial charge in [-0.3, -0.25) is 10.1 Å². The number of nitro benzene ring substituents is 1. The van der Waals surface area contributed by atoms with Crippen LogP contribution in [0.3, 0.4) is 0 Å². The first-order chi connectivity index (χ1) is 7.57. The van der Waals surface area contributed by atoms with Gasteiger partial charge in [-0.05, 0) is 30.9 Å². The van der Waals surface area contributed by atoms with Crippen molar-refractivity contribution in [2.24, 2.45) is 5.73 Å². The van der Waals surface area contributed by atoms with Crippen LogP contribution in [0.2, 0.25) is 0 Å². The van der Waals surface area contributed by atoms with E-state index < -0.39 is 4.92 Å². The van der Waals surface area contributed by atoms with Crippen LogP contribution in [0.5, 0.6) is 5.75 Å². The van der Waals surface area contributed by atoms with Crippen LogP contribution < -0.4 is 10.5 Å². The van der Waals surface area contributed by atoms with E-state index in [1.165, 1.54) is 13.2 Å². The first-order valence-electron chi connectivity index (χ1n) is 5.18. The van der Waals surface area contributed by atoms with Gasteiger partial charge in [0.1, 0.15) is 0 Å². The lowest BCUT2D eigenvalue weighted by atomic mass is 9.73. The summed E-state index contributed by atoms with van der Waals surface area (Å²) in [5.74, 6) is 0.275. The van der Waals surface area contributed by atoms with Crippen molar-refractivity contribution in [3.8, 4) is 5.75 Å². The summed E-state index contributed by atoms with van der Waals surface area (Å²) in [6, 6.07) is 4.95. The maximum Gasteiger partial charge on any atom is 0.311 e. The number of ether oxygens (including phenoxy) is 1. The highest BCUT2D eigenvalue weighted by Crippen LogP contribution is 2.41. The van der Waals surface area contributed by atoms with Gasteiger partial charge in [0.2, 0.25) is 0 Å². The molecule has 1 aliphatic rings. The first kappa shape index (κ1) is 10.9. The minimum Gasteiger partial charge on any atom is -0.490 e. The zero-order valence-corrected chi connectivity index (χ0v) is 9.10. The van der Waals surface area contributed by atoms with Gasteiger partial charge in [-0.15, -0.1) is 0 Å². The Morgan fingerprint density at radius 1 is 1.50 bits per heavy atom. The van der Waals surface area contributed by atoms with E-state index in [0.717, 1.165) is 24.8 Å². The summed E-state index contributed by atoms with van der Waals surface area (Å²) in [5.41, 5.74) is 6.55. The van der Waals surface area contributed by atoms with Gasteiger partial charge in [-0.2, -0.15) is 0 Å². The Bertz CT molecular complexity index is 427. The lowest BCUT2D eigenvalue weighted by Gasteiger charge is -2.38. The van der Waals surface area contributed by atoms with Crippen LogP contribution in [0.15, 0.2) is 18.2 Å². The molecule has 0 aliphatic heterocycles. The molecule has 0 aromatic heterocycles. The Hall–Kier alpha value is -1.62. The molecule has 86 valence electrons. The molecular weight excluding hydrogens is 208 g/mol. The van der Waals surface area contributed by atoms with Gasteiger partial charge in [-0.25, -0.2) is 0 Å². The van der Waals surface area contributed by atoms with Crippen LogP contribution >= 0.6 is 0 Å². The molecule has 0 unspecified atom stereocenters. The third-order valence-corrected chi connectivity index (χ3v) is 3.20. The largest absolute Gasteiger partial charge is 0.490 e. The van der Waals surface area contributed by atoms with Crippen LogP contribution in [0, 0.1) is 10.1 Å². The summed E-state index contributed by atoms with van der Waals surface area (Å²) < 4.78 is 4.94. The quantitative estimate of drug-likeness (QED) is 0.626. The molecule has 1 aliphatic carbocycles. The van der Waals surface area contributed by atoms with Crippen molar-refractivity contribution in [1.82, 2.24) is 0 Å². The van der Waals surface area contributed by atoms with Crippen LogP contribution in [0.25, 0.3) is 0 Å². The smallest absolute Gasteiger partial charge is 0.311 e. The van der Waals surface area contributed by atoms with Gasteiger partial charge in [0.15, 0.2) is 5.75 Å². The standard InChI is InChI=1S/C11H14N2O3/c1-16-10-4-3-8(7-9(10)13(14)15)11(12)5-2-6-11/h3-4,7H,2,5-6,12H2,1H3. The number of hydrogen-bond acceptors (Lipinski definition) is 4. The van der Waals surface area contributed by atoms with Crippen molar-refractivity contribution in [2.45, 2.75) is 24.8 Å². The first-order valence-corrected chi connectivity index (χ1v) is 5.18. The van der Waals surface area contributed by atoms with Crippen LogP contribution in [-0.2, 0) is 5.54 Å². The molecule has 5 heteroatoms. The Morgan fingerprint density at radius 2 is 2.19 bits per heavy atom. The molecular formula is C11H14N2O3. The molecule has 1 fully saturated rings. The second kappa shape index (κ2) is 3.75. The van der Waals surface area contributed by atoms with Crippen molar-refractivity contribution in [1.29, 1.82) is 0 Å². The number of nitrogens with zero attached hydrogens (tertiary/aromatic N) is 1. The van der Waals surface area contributed by atoms with Gasteiger partial charge >= 0.3 is 5.69 Å². The maximum atomic E-state index is 10.9. The summed E-state index contributed by atoms with van der Waals surface area (Å²) in [6.07, 6.45) is 2.85. The number of benzene rings is 1. The summed E-state index contributed by atoms with van der Waals surface area (Å²) in [7, 11) is 1.42. The highest BCUT2D eigenvalue weighted by molar-refractivity contribution is 5.50. The molecule has 0 saturated heterocycles. The SMILES string of the molecule is COc1ccc(C2(N)CCC2)cc1[N+](=O)[O-]. The van der Waals surface area contributed by atoms with Crippen molar-refractivity contribution >= 4 is 5.69 Å². The molecule has 0 bridgehead atoms. The van der Waals surface area contributed by atoms with Gasteiger partial charge in [0.05, 0.1) is 12.0 Å². The van der Waals surface area contributed by atoms with Crippen molar-refractivity contribution in [3.05, 3.63) is 33.9 Å². The van der Waals surface area contributed by atoms with E-state index in [0.29, 0.717) is 0 Å². The van der Waals surface area contributed by atoms with Crippen LogP contribution in [0.4, 0.5) is 5.69 Å². The summed E-state index contributed by atoms with van der Waals surface area (Å²) in [4.78, 5) is 10.4. The van der Waals surface area contributed by atoms with Crippen molar-refractivity contribution < 1.29 is 9.66 Å². The number of nitrogens with two attached hydrogens (primary N) is 1. The molecule has 1 saturated carbocycles. The Kier molecular flexibility index (Phi) is 2.55. The monoisotopic (exact) mass is 222 g/mol. The number of hydrogen-bond donors (Lipinski definition) is 1. The summed E-state index contributed by atoms with van der Waals surface area (Å²) >= 11 is 0. The van der Waals surface area contributed by atoms with E-state index in [2.05, 4.69) is 0 Å². The van der Waals surface area contributed by atoms with Crippen LogP contribution in [0.1, 0.15) is 24.8 Å². The third kappa shape index (κ3) is 1.63. The number of methoxy groups -OCH3 is 1. The Labute approximate surface area is 93.4 Å². The molecule has 0 heterocycles. The molecule has 0 radical (unpaired) electrons. The summed E-state index contributed by atoms with van der Waals surface area (Å²) in [5, 5.41) is 10.9. The zero-order chi connectivity index (χ0) is 11.8. The lowest BCUT2D eigenvalue weighted by Crippen LogP contribution is -2.43. The Morgan fingerprint density at radius 3 is 2.62 bits per heavy atom. The predicted octanol–water partition coefficient (Wildman–Crippen LogP) is 1.94. The molecule has 0 atom stereocenters. The van der Waals surface area contributed by atoms with E-state index in [-0.39, 0.29) is 17.0 Å². The van der Waals surface area contributed by atoms with Gasteiger partial charge in [0.25, 0.3) is 0 Å². The van der Waals surface area contributed by atoms with Crippen LogP contribution in [-0.4, -0.2) is 12.0 Å². The number of nitro groups is 1. The second-order valence-electron chi connectivity index (χ2n) is 4.15.